The molecule has 0 radical (unpaired) electrons. The van der Waals surface area contributed by atoms with E-state index in [0.717, 1.165) is 6.42 Å². The van der Waals surface area contributed by atoms with Crippen molar-refractivity contribution in [2.24, 2.45) is 5.73 Å². The smallest absolute Gasteiger partial charge is 0.0551 e. The van der Waals surface area contributed by atoms with Crippen LogP contribution in [0.5, 0.6) is 0 Å². The van der Waals surface area contributed by atoms with Crippen LogP contribution in [0.4, 0.5) is 0 Å². The Labute approximate surface area is 73.6 Å². The Morgan fingerprint density at radius 1 is 1.25 bits per heavy atom. The van der Waals surface area contributed by atoms with Crippen molar-refractivity contribution in [3.05, 3.63) is 35.4 Å². The summed E-state index contributed by atoms with van der Waals surface area (Å²) in [6.07, 6.45) is 0.809. The van der Waals surface area contributed by atoms with E-state index in [1.807, 2.05) is 12.1 Å². The van der Waals surface area contributed by atoms with Crippen molar-refractivity contribution < 1.29 is 0 Å². The monoisotopic (exact) mass is 159 g/mol. The molecule has 0 aliphatic carbocycles. The van der Waals surface area contributed by atoms with E-state index < -0.39 is 0 Å². The van der Waals surface area contributed by atoms with Crippen LogP contribution in [-0.4, -0.2) is 6.54 Å². The predicted octanol–water partition coefficient (Wildman–Crippen LogP) is 1.50. The lowest BCUT2D eigenvalue weighted by molar-refractivity contribution is 1.23. The second-order valence-electron chi connectivity index (χ2n) is 2.66. The third-order valence-electron chi connectivity index (χ3n) is 1.77. The zero-order valence-electron chi connectivity index (χ0n) is 7.30. The highest BCUT2D eigenvalue weighted by Crippen LogP contribution is 2.06. The van der Waals surface area contributed by atoms with Crippen LogP contribution in [0, 0.1) is 18.8 Å². The van der Waals surface area contributed by atoms with Gasteiger partial charge in [0.1, 0.15) is 0 Å². The Kier molecular flexibility index (Phi) is 3.37. The first kappa shape index (κ1) is 8.83. The first-order valence-corrected chi connectivity index (χ1v) is 4.05. The van der Waals surface area contributed by atoms with Crippen molar-refractivity contribution >= 4 is 0 Å². The van der Waals surface area contributed by atoms with Gasteiger partial charge in [-0.15, -0.1) is 0 Å². The zero-order chi connectivity index (χ0) is 8.81. The molecule has 0 bridgehead atoms. The summed E-state index contributed by atoms with van der Waals surface area (Å²) in [6, 6.07) is 8.27. The third kappa shape index (κ3) is 2.41. The highest BCUT2D eigenvalue weighted by atomic mass is 14.5. The van der Waals surface area contributed by atoms with Crippen LogP contribution < -0.4 is 5.73 Å². The quantitative estimate of drug-likeness (QED) is 0.617. The lowest BCUT2D eigenvalue weighted by atomic mass is 10.1. The van der Waals surface area contributed by atoms with E-state index in [9.17, 15) is 0 Å². The summed E-state index contributed by atoms with van der Waals surface area (Å²) in [5, 5.41) is 0. The summed E-state index contributed by atoms with van der Waals surface area (Å²) < 4.78 is 0. The van der Waals surface area contributed by atoms with Crippen molar-refractivity contribution in [2.75, 3.05) is 6.54 Å². The Bertz CT molecular complexity index is 304. The van der Waals surface area contributed by atoms with Crippen molar-refractivity contribution in [2.45, 2.75) is 13.3 Å². The van der Waals surface area contributed by atoms with Crippen LogP contribution in [0.3, 0.4) is 0 Å². The van der Waals surface area contributed by atoms with Gasteiger partial charge in [-0.1, -0.05) is 36.1 Å². The molecule has 0 amide bonds. The van der Waals surface area contributed by atoms with Gasteiger partial charge in [-0.25, -0.2) is 0 Å². The maximum atomic E-state index is 5.26. The largest absolute Gasteiger partial charge is 0.320 e. The van der Waals surface area contributed by atoms with E-state index in [1.54, 1.807) is 0 Å². The number of nitrogens with two attached hydrogens (primary N) is 1. The number of hydrogen-bond donors (Lipinski definition) is 1. The molecule has 62 valence electrons. The molecule has 2 N–H and O–H groups in total. The first-order valence-electron chi connectivity index (χ1n) is 4.05. The number of benzene rings is 1. The summed E-state index contributed by atoms with van der Waals surface area (Å²) in [4.78, 5) is 0. The molecular weight excluding hydrogens is 146 g/mol. The number of aryl methyl sites for hydroxylation is 1. The second kappa shape index (κ2) is 4.58. The molecule has 0 aliphatic heterocycles. The van der Waals surface area contributed by atoms with Crippen molar-refractivity contribution in [1.29, 1.82) is 0 Å². The van der Waals surface area contributed by atoms with Gasteiger partial charge in [0.25, 0.3) is 0 Å². The first-order chi connectivity index (χ1) is 5.84. The standard InChI is InChI=1S/C11H13N/c1-10-6-2-3-7-11(10)8-4-5-9-12/h2-3,6-7H,8-9,12H2,1H3. The van der Waals surface area contributed by atoms with Gasteiger partial charge in [0.15, 0.2) is 0 Å². The van der Waals surface area contributed by atoms with Crippen LogP contribution in [0.25, 0.3) is 0 Å². The fraction of sp³-hybridized carbons (Fsp3) is 0.273. The topological polar surface area (TPSA) is 26.0 Å². The van der Waals surface area contributed by atoms with Crippen LogP contribution >= 0.6 is 0 Å². The maximum Gasteiger partial charge on any atom is 0.0551 e. The van der Waals surface area contributed by atoms with Gasteiger partial charge in [-0.2, -0.15) is 0 Å². The van der Waals surface area contributed by atoms with Gasteiger partial charge in [0.05, 0.1) is 6.54 Å². The molecule has 0 saturated carbocycles. The zero-order valence-corrected chi connectivity index (χ0v) is 7.30. The molecule has 0 spiro atoms. The minimum absolute atomic E-state index is 0.450. The fourth-order valence-corrected chi connectivity index (χ4v) is 1.04. The predicted molar refractivity (Wildman–Crippen MR) is 51.7 cm³/mol. The molecule has 1 rings (SSSR count). The third-order valence-corrected chi connectivity index (χ3v) is 1.77. The van der Waals surface area contributed by atoms with E-state index in [1.165, 1.54) is 11.1 Å². The summed E-state index contributed by atoms with van der Waals surface area (Å²) in [5.41, 5.74) is 7.84. The molecule has 0 unspecified atom stereocenters. The molecule has 12 heavy (non-hydrogen) atoms. The Morgan fingerprint density at radius 2 is 2.00 bits per heavy atom. The normalized spacial score (nSPS) is 8.83. The maximum absolute atomic E-state index is 5.26. The van der Waals surface area contributed by atoms with Crippen LogP contribution in [0.15, 0.2) is 24.3 Å². The molecule has 0 fully saturated rings. The van der Waals surface area contributed by atoms with E-state index in [-0.39, 0.29) is 0 Å². The van der Waals surface area contributed by atoms with E-state index in [4.69, 9.17) is 5.73 Å². The minimum atomic E-state index is 0.450. The Morgan fingerprint density at radius 3 is 2.67 bits per heavy atom. The minimum Gasteiger partial charge on any atom is -0.320 e. The van der Waals surface area contributed by atoms with Crippen LogP contribution in [0.1, 0.15) is 11.1 Å². The number of hydrogen-bond acceptors (Lipinski definition) is 1. The van der Waals surface area contributed by atoms with Gasteiger partial charge in [-0.05, 0) is 18.1 Å². The van der Waals surface area contributed by atoms with Crippen LogP contribution in [0.2, 0.25) is 0 Å². The van der Waals surface area contributed by atoms with Gasteiger partial charge < -0.3 is 5.73 Å². The van der Waals surface area contributed by atoms with E-state index in [0.29, 0.717) is 6.54 Å². The summed E-state index contributed by atoms with van der Waals surface area (Å²) >= 11 is 0. The molecule has 0 heterocycles. The molecule has 0 aliphatic rings. The molecule has 0 saturated heterocycles. The van der Waals surface area contributed by atoms with Gasteiger partial charge in [-0.3, -0.25) is 0 Å². The Hall–Kier alpha value is -1.26. The average molecular weight is 159 g/mol. The van der Waals surface area contributed by atoms with Crippen molar-refractivity contribution in [3.8, 4) is 11.8 Å². The molecule has 1 nitrogen and oxygen atoms in total. The van der Waals surface area contributed by atoms with Crippen molar-refractivity contribution in [3.63, 3.8) is 0 Å². The molecule has 1 aromatic rings. The van der Waals surface area contributed by atoms with E-state index >= 15 is 0 Å². The lowest BCUT2D eigenvalue weighted by Gasteiger charge is -1.98. The lowest BCUT2D eigenvalue weighted by Crippen LogP contribution is -1.93. The average Bonchev–Trinajstić information content (AvgIpc) is 2.09. The highest BCUT2D eigenvalue weighted by Gasteiger charge is 1.91. The van der Waals surface area contributed by atoms with Crippen LogP contribution in [-0.2, 0) is 6.42 Å². The van der Waals surface area contributed by atoms with E-state index in [2.05, 4.69) is 30.9 Å². The molecule has 0 atom stereocenters. The summed E-state index contributed by atoms with van der Waals surface area (Å²) in [7, 11) is 0. The Balaban J connectivity index is 2.69. The molecule has 0 aromatic heterocycles. The second-order valence-corrected chi connectivity index (χ2v) is 2.66. The van der Waals surface area contributed by atoms with Gasteiger partial charge >= 0.3 is 0 Å². The summed E-state index contributed by atoms with van der Waals surface area (Å²) in [6.45, 7) is 2.55. The van der Waals surface area contributed by atoms with Crippen molar-refractivity contribution in [1.82, 2.24) is 0 Å². The highest BCUT2D eigenvalue weighted by molar-refractivity contribution is 5.29. The fourth-order valence-electron chi connectivity index (χ4n) is 1.04. The molecule has 1 heteroatoms. The van der Waals surface area contributed by atoms with Gasteiger partial charge in [0.2, 0.25) is 0 Å². The molecule has 1 aromatic carbocycles. The SMILES string of the molecule is Cc1ccccc1CC#CCN. The number of rotatable bonds is 1. The molecular formula is C11H13N. The summed E-state index contributed by atoms with van der Waals surface area (Å²) in [5.74, 6) is 5.87. The van der Waals surface area contributed by atoms with Gasteiger partial charge in [0, 0.05) is 6.42 Å².